The number of carbonyl (C=O) groups excluding carboxylic acids is 2. The van der Waals surface area contributed by atoms with E-state index < -0.39 is 23.8 Å². The molecule has 1 unspecified atom stereocenters. The van der Waals surface area contributed by atoms with Gasteiger partial charge in [-0.3, -0.25) is 4.79 Å². The number of nitrogens with zero attached hydrogens (tertiary/aromatic N) is 1. The minimum atomic E-state index is -1.16. The van der Waals surface area contributed by atoms with Crippen LogP contribution >= 0.6 is 34.8 Å². The van der Waals surface area contributed by atoms with Crippen LogP contribution in [0.3, 0.4) is 0 Å². The molecule has 0 spiro atoms. The Labute approximate surface area is 151 Å². The fraction of sp³-hybridized carbons (Fsp3) is 0.133. The number of hydrogen-bond donors (Lipinski definition) is 1. The van der Waals surface area contributed by atoms with Gasteiger partial charge < -0.3 is 10.1 Å². The summed E-state index contributed by atoms with van der Waals surface area (Å²) >= 11 is 17.4. The monoisotopic (exact) mass is 390 g/mol. The number of anilines is 1. The highest BCUT2D eigenvalue weighted by molar-refractivity contribution is 6.36. The van der Waals surface area contributed by atoms with Gasteiger partial charge in [0.1, 0.15) is 5.82 Å². The third-order valence-electron chi connectivity index (χ3n) is 2.85. The molecular formula is C15H10Cl3FN2O3. The average molecular weight is 392 g/mol. The summed E-state index contributed by atoms with van der Waals surface area (Å²) in [4.78, 5) is 27.9. The number of carbonyl (C=O) groups is 2. The Morgan fingerprint density at radius 1 is 1.21 bits per heavy atom. The molecule has 0 radical (unpaired) electrons. The lowest BCUT2D eigenvalue weighted by Crippen LogP contribution is -2.30. The quantitative estimate of drug-likeness (QED) is 0.786. The lowest BCUT2D eigenvalue weighted by molar-refractivity contribution is -0.123. The van der Waals surface area contributed by atoms with E-state index in [0.717, 1.165) is 12.1 Å². The van der Waals surface area contributed by atoms with Gasteiger partial charge in [-0.25, -0.2) is 14.2 Å². The molecule has 1 atom stereocenters. The van der Waals surface area contributed by atoms with Gasteiger partial charge in [-0.05, 0) is 31.2 Å². The number of esters is 1. The third-order valence-corrected chi connectivity index (χ3v) is 3.66. The van der Waals surface area contributed by atoms with Crippen LogP contribution in [0, 0.1) is 5.82 Å². The standard InChI is InChI=1S/C15H10Cl3FN2O3/c1-7(14(22)21-13-12(18)4-8(16)6-20-13)24-15(23)10-3-2-9(19)5-11(10)17/h2-7H,1H3,(H,20,21,22). The Morgan fingerprint density at radius 2 is 1.92 bits per heavy atom. The maximum absolute atomic E-state index is 13.0. The minimum absolute atomic E-state index is 0.0552. The van der Waals surface area contributed by atoms with Crippen molar-refractivity contribution < 1.29 is 18.7 Å². The SMILES string of the molecule is CC(OC(=O)c1ccc(F)cc1Cl)C(=O)Nc1ncc(Cl)cc1Cl. The van der Waals surface area contributed by atoms with E-state index in [2.05, 4.69) is 10.3 Å². The van der Waals surface area contributed by atoms with Crippen LogP contribution in [0.25, 0.3) is 0 Å². The van der Waals surface area contributed by atoms with E-state index in [1.165, 1.54) is 25.3 Å². The zero-order chi connectivity index (χ0) is 17.9. The van der Waals surface area contributed by atoms with Crippen molar-refractivity contribution in [3.8, 4) is 0 Å². The van der Waals surface area contributed by atoms with Gasteiger partial charge >= 0.3 is 5.97 Å². The number of amides is 1. The van der Waals surface area contributed by atoms with Crippen molar-refractivity contribution in [1.82, 2.24) is 4.98 Å². The highest BCUT2D eigenvalue weighted by Gasteiger charge is 2.22. The number of hydrogen-bond acceptors (Lipinski definition) is 4. The first kappa shape index (κ1) is 18.4. The van der Waals surface area contributed by atoms with Crippen molar-refractivity contribution in [2.24, 2.45) is 0 Å². The number of rotatable bonds is 4. The molecule has 0 aliphatic carbocycles. The molecule has 0 saturated heterocycles. The molecule has 0 fully saturated rings. The Kier molecular flexibility index (Phi) is 5.99. The van der Waals surface area contributed by atoms with Crippen LogP contribution in [0.4, 0.5) is 10.2 Å². The number of nitrogens with one attached hydrogen (secondary N) is 1. The van der Waals surface area contributed by atoms with E-state index in [1.54, 1.807) is 0 Å². The summed E-state index contributed by atoms with van der Waals surface area (Å²) < 4.78 is 18.0. The average Bonchev–Trinajstić information content (AvgIpc) is 2.49. The van der Waals surface area contributed by atoms with Gasteiger partial charge in [-0.2, -0.15) is 0 Å². The molecule has 5 nitrogen and oxygen atoms in total. The van der Waals surface area contributed by atoms with Crippen LogP contribution < -0.4 is 5.32 Å². The lowest BCUT2D eigenvalue weighted by Gasteiger charge is -2.14. The first-order valence-corrected chi connectivity index (χ1v) is 7.69. The van der Waals surface area contributed by atoms with Crippen molar-refractivity contribution in [2.75, 3.05) is 5.32 Å². The summed E-state index contributed by atoms with van der Waals surface area (Å²) in [7, 11) is 0. The summed E-state index contributed by atoms with van der Waals surface area (Å²) in [6.45, 7) is 1.36. The van der Waals surface area contributed by atoms with Gasteiger partial charge in [0, 0.05) is 6.20 Å². The van der Waals surface area contributed by atoms with Crippen molar-refractivity contribution in [1.29, 1.82) is 0 Å². The molecule has 0 aliphatic heterocycles. The Morgan fingerprint density at radius 3 is 2.54 bits per heavy atom. The second-order valence-electron chi connectivity index (χ2n) is 4.64. The van der Waals surface area contributed by atoms with Crippen molar-refractivity contribution in [2.45, 2.75) is 13.0 Å². The van der Waals surface area contributed by atoms with Crippen molar-refractivity contribution >= 4 is 52.5 Å². The second kappa shape index (κ2) is 7.79. The Bertz CT molecular complexity index is 802. The first-order valence-electron chi connectivity index (χ1n) is 6.56. The predicted molar refractivity (Wildman–Crippen MR) is 89.2 cm³/mol. The van der Waals surface area contributed by atoms with Gasteiger partial charge in [0.05, 0.1) is 20.6 Å². The van der Waals surface area contributed by atoms with Gasteiger partial charge in [0.15, 0.2) is 11.9 Å². The summed E-state index contributed by atoms with van der Waals surface area (Å²) in [6, 6.07) is 4.60. The molecule has 9 heteroatoms. The predicted octanol–water partition coefficient (Wildman–Crippen LogP) is 4.36. The van der Waals surface area contributed by atoms with E-state index in [1.807, 2.05) is 0 Å². The van der Waals surface area contributed by atoms with Gasteiger partial charge in [0.25, 0.3) is 5.91 Å². The molecule has 1 aromatic heterocycles. The van der Waals surface area contributed by atoms with Gasteiger partial charge in [-0.1, -0.05) is 34.8 Å². The molecule has 0 saturated carbocycles. The fourth-order valence-electron chi connectivity index (χ4n) is 1.66. The van der Waals surface area contributed by atoms with E-state index in [9.17, 15) is 14.0 Å². The molecule has 1 amide bonds. The van der Waals surface area contributed by atoms with E-state index in [4.69, 9.17) is 39.5 Å². The summed E-state index contributed by atoms with van der Waals surface area (Å²) in [5.74, 6) is -2.03. The summed E-state index contributed by atoms with van der Waals surface area (Å²) in [5.41, 5.74) is -0.0552. The summed E-state index contributed by atoms with van der Waals surface area (Å²) in [6.07, 6.45) is 0.144. The minimum Gasteiger partial charge on any atom is -0.449 e. The molecule has 0 aliphatic rings. The van der Waals surface area contributed by atoms with E-state index >= 15 is 0 Å². The maximum Gasteiger partial charge on any atom is 0.340 e. The zero-order valence-corrected chi connectivity index (χ0v) is 14.4. The molecule has 126 valence electrons. The molecule has 1 heterocycles. The topological polar surface area (TPSA) is 68.3 Å². The highest BCUT2D eigenvalue weighted by atomic mass is 35.5. The smallest absolute Gasteiger partial charge is 0.340 e. The van der Waals surface area contributed by atoms with Crippen LogP contribution in [0.15, 0.2) is 30.5 Å². The van der Waals surface area contributed by atoms with Gasteiger partial charge in [0.2, 0.25) is 0 Å². The fourth-order valence-corrected chi connectivity index (χ4v) is 2.33. The van der Waals surface area contributed by atoms with Crippen LogP contribution in [-0.4, -0.2) is 23.0 Å². The molecule has 1 N–H and O–H groups in total. The van der Waals surface area contributed by atoms with Crippen LogP contribution in [-0.2, 0) is 9.53 Å². The molecule has 1 aromatic carbocycles. The largest absolute Gasteiger partial charge is 0.449 e. The number of aromatic nitrogens is 1. The molecule has 2 aromatic rings. The van der Waals surface area contributed by atoms with E-state index in [-0.39, 0.29) is 21.4 Å². The zero-order valence-electron chi connectivity index (χ0n) is 12.1. The van der Waals surface area contributed by atoms with Crippen LogP contribution in [0.5, 0.6) is 0 Å². The second-order valence-corrected chi connectivity index (χ2v) is 5.90. The summed E-state index contributed by atoms with van der Waals surface area (Å²) in [5, 5.41) is 2.74. The van der Waals surface area contributed by atoms with Crippen molar-refractivity contribution in [3.05, 3.63) is 56.9 Å². The van der Waals surface area contributed by atoms with Gasteiger partial charge in [-0.15, -0.1) is 0 Å². The third kappa shape index (κ3) is 4.56. The molecular weight excluding hydrogens is 382 g/mol. The maximum atomic E-state index is 13.0. The lowest BCUT2D eigenvalue weighted by atomic mass is 10.2. The number of pyridine rings is 1. The van der Waals surface area contributed by atoms with Crippen LogP contribution in [0.1, 0.15) is 17.3 Å². The molecule has 0 bridgehead atoms. The molecule has 24 heavy (non-hydrogen) atoms. The number of benzene rings is 1. The van der Waals surface area contributed by atoms with Crippen molar-refractivity contribution in [3.63, 3.8) is 0 Å². The molecule has 2 rings (SSSR count). The van der Waals surface area contributed by atoms with Crippen LogP contribution in [0.2, 0.25) is 15.1 Å². The normalized spacial score (nSPS) is 11.7. The Hall–Kier alpha value is -1.89. The number of ether oxygens (including phenoxy) is 1. The highest BCUT2D eigenvalue weighted by Crippen LogP contribution is 2.23. The van der Waals surface area contributed by atoms with E-state index in [0.29, 0.717) is 5.02 Å². The number of halogens is 4. The Balaban J connectivity index is 2.04. The first-order chi connectivity index (χ1) is 11.3.